The Bertz CT molecular complexity index is 1230. The monoisotopic (exact) mass is 441 g/mol. The normalized spacial score (nSPS) is 15.2. The molecule has 2 aromatic carbocycles. The molecule has 1 aliphatic rings. The molecule has 1 atom stereocenters. The highest BCUT2D eigenvalue weighted by molar-refractivity contribution is 6.00. The topological polar surface area (TPSA) is 76.0 Å². The third-order valence-corrected chi connectivity index (χ3v) is 6.07. The summed E-state index contributed by atoms with van der Waals surface area (Å²) in [6, 6.07) is 16.1. The smallest absolute Gasteiger partial charge is 0.273 e. The van der Waals surface area contributed by atoms with Crippen LogP contribution in [-0.4, -0.2) is 43.7 Å². The van der Waals surface area contributed by atoms with Crippen molar-refractivity contribution in [2.24, 2.45) is 0 Å². The van der Waals surface area contributed by atoms with Crippen molar-refractivity contribution in [2.45, 2.75) is 32.9 Å². The number of nitrogens with one attached hydrogen (secondary N) is 1. The first-order valence-electron chi connectivity index (χ1n) is 11.3. The van der Waals surface area contributed by atoms with Gasteiger partial charge in [0.1, 0.15) is 11.4 Å². The fourth-order valence-electron chi connectivity index (χ4n) is 4.46. The quantitative estimate of drug-likeness (QED) is 0.433. The second-order valence-electron chi connectivity index (χ2n) is 8.28. The molecule has 1 amide bonds. The van der Waals surface area contributed by atoms with Crippen molar-refractivity contribution in [2.75, 3.05) is 13.2 Å². The Hall–Kier alpha value is -3.87. The van der Waals surface area contributed by atoms with E-state index in [1.807, 2.05) is 46.9 Å². The molecule has 0 saturated heterocycles. The highest BCUT2D eigenvalue weighted by Crippen LogP contribution is 2.43. The van der Waals surface area contributed by atoms with Crippen molar-refractivity contribution >= 4 is 5.91 Å². The van der Waals surface area contributed by atoms with Crippen LogP contribution in [0.1, 0.15) is 46.6 Å². The number of carbonyl (C=O) groups is 1. The van der Waals surface area contributed by atoms with Gasteiger partial charge in [-0.1, -0.05) is 42.0 Å². The molecular weight excluding hydrogens is 414 g/mol. The number of fused-ring (bicyclic) bond motifs is 1. The summed E-state index contributed by atoms with van der Waals surface area (Å²) >= 11 is 0. The summed E-state index contributed by atoms with van der Waals surface area (Å²) in [6.07, 6.45) is 6.34. The number of carbonyl (C=O) groups excluding carboxylic acids is 1. The number of ether oxygens (including phenoxy) is 1. The van der Waals surface area contributed by atoms with Crippen LogP contribution < -0.4 is 4.74 Å². The third kappa shape index (κ3) is 4.02. The molecule has 7 nitrogen and oxygen atoms in total. The molecule has 1 unspecified atom stereocenters. The van der Waals surface area contributed by atoms with Crippen molar-refractivity contribution in [1.82, 2.24) is 24.6 Å². The highest BCUT2D eigenvalue weighted by Gasteiger charge is 2.41. The Kier molecular flexibility index (Phi) is 5.69. The lowest BCUT2D eigenvalue weighted by atomic mass is 9.95. The number of aromatic nitrogens is 4. The molecule has 0 aliphatic carbocycles. The van der Waals surface area contributed by atoms with Crippen LogP contribution in [0.5, 0.6) is 5.75 Å². The molecule has 4 aromatic rings. The van der Waals surface area contributed by atoms with Crippen molar-refractivity contribution in [3.63, 3.8) is 0 Å². The van der Waals surface area contributed by atoms with Gasteiger partial charge in [0.05, 0.1) is 24.7 Å². The van der Waals surface area contributed by atoms with Crippen LogP contribution in [0.3, 0.4) is 0 Å². The maximum Gasteiger partial charge on any atom is 0.273 e. The van der Waals surface area contributed by atoms with Gasteiger partial charge in [-0.15, -0.1) is 0 Å². The molecule has 1 aliphatic heterocycles. The van der Waals surface area contributed by atoms with E-state index in [2.05, 4.69) is 46.4 Å². The molecule has 0 fully saturated rings. The zero-order valence-corrected chi connectivity index (χ0v) is 18.9. The molecule has 168 valence electrons. The first-order valence-corrected chi connectivity index (χ1v) is 11.3. The number of imidazole rings is 1. The molecule has 7 heteroatoms. The van der Waals surface area contributed by atoms with E-state index in [9.17, 15) is 4.79 Å². The minimum absolute atomic E-state index is 0.0135. The van der Waals surface area contributed by atoms with Crippen LogP contribution >= 0.6 is 0 Å². The lowest BCUT2D eigenvalue weighted by molar-refractivity contribution is 0.0739. The number of hydrogen-bond acceptors (Lipinski definition) is 4. The number of hydrogen-bond donors (Lipinski definition) is 1. The van der Waals surface area contributed by atoms with Crippen LogP contribution in [-0.2, 0) is 6.54 Å². The van der Waals surface area contributed by atoms with Crippen LogP contribution in [0.25, 0.3) is 11.3 Å². The van der Waals surface area contributed by atoms with Gasteiger partial charge < -0.3 is 14.2 Å². The molecule has 0 radical (unpaired) electrons. The minimum Gasteiger partial charge on any atom is -0.494 e. The standard InChI is InChI=1S/C26H27N5O2/c1-3-33-21-11-9-20(10-12-21)25-22-23(19-7-5-18(2)6-8-19)28-29-24(22)26(32)31(25)15-4-14-30-16-13-27-17-30/h5-13,16-17,25H,3-4,14-15H2,1-2H3,(H,28,29). The Morgan fingerprint density at radius 3 is 2.55 bits per heavy atom. The highest BCUT2D eigenvalue weighted by atomic mass is 16.5. The number of aryl methyl sites for hydroxylation is 2. The third-order valence-electron chi connectivity index (χ3n) is 6.07. The van der Waals surface area contributed by atoms with Crippen LogP contribution in [0.4, 0.5) is 0 Å². The van der Waals surface area contributed by atoms with Gasteiger partial charge in [-0.3, -0.25) is 9.89 Å². The van der Waals surface area contributed by atoms with Gasteiger partial charge in [-0.05, 0) is 38.0 Å². The number of nitrogens with zero attached hydrogens (tertiary/aromatic N) is 4. The number of H-pyrrole nitrogens is 1. The summed E-state index contributed by atoms with van der Waals surface area (Å²) in [5, 5.41) is 7.59. The second kappa shape index (κ2) is 8.94. The zero-order valence-electron chi connectivity index (χ0n) is 18.9. The zero-order chi connectivity index (χ0) is 22.8. The van der Waals surface area contributed by atoms with Crippen molar-refractivity contribution in [3.8, 4) is 17.0 Å². The molecule has 2 aromatic heterocycles. The number of amides is 1. The number of rotatable bonds is 8. The van der Waals surface area contributed by atoms with Gasteiger partial charge >= 0.3 is 0 Å². The summed E-state index contributed by atoms with van der Waals surface area (Å²) < 4.78 is 7.66. The van der Waals surface area contributed by atoms with Crippen LogP contribution in [0.15, 0.2) is 67.3 Å². The van der Waals surface area contributed by atoms with E-state index in [-0.39, 0.29) is 11.9 Å². The van der Waals surface area contributed by atoms with Gasteiger partial charge in [-0.25, -0.2) is 4.98 Å². The molecule has 33 heavy (non-hydrogen) atoms. The SMILES string of the molecule is CCOc1ccc(C2c3c(-c4ccc(C)cc4)n[nH]c3C(=O)N2CCCn2ccnc2)cc1. The average Bonchev–Trinajstić information content (AvgIpc) is 3.55. The predicted octanol–water partition coefficient (Wildman–Crippen LogP) is 4.62. The van der Waals surface area contributed by atoms with E-state index >= 15 is 0 Å². The van der Waals surface area contributed by atoms with Gasteiger partial charge in [0.15, 0.2) is 0 Å². The second-order valence-corrected chi connectivity index (χ2v) is 8.28. The minimum atomic E-state index is -0.207. The first kappa shape index (κ1) is 21.0. The van der Waals surface area contributed by atoms with Crippen LogP contribution in [0.2, 0.25) is 0 Å². The lowest BCUT2D eigenvalue weighted by Crippen LogP contribution is -2.31. The van der Waals surface area contributed by atoms with Crippen molar-refractivity contribution in [1.29, 1.82) is 0 Å². The summed E-state index contributed by atoms with van der Waals surface area (Å²) in [6.45, 7) is 6.08. The maximum atomic E-state index is 13.5. The average molecular weight is 442 g/mol. The summed E-state index contributed by atoms with van der Waals surface area (Å²) in [7, 11) is 0. The summed E-state index contributed by atoms with van der Waals surface area (Å²) in [5.41, 5.74) is 5.58. The van der Waals surface area contributed by atoms with Gasteiger partial charge in [0.2, 0.25) is 0 Å². The van der Waals surface area contributed by atoms with E-state index in [0.29, 0.717) is 18.8 Å². The van der Waals surface area contributed by atoms with Crippen LogP contribution in [0, 0.1) is 6.92 Å². The molecule has 3 heterocycles. The molecule has 1 N–H and O–H groups in total. The van der Waals surface area contributed by atoms with Crippen molar-refractivity contribution in [3.05, 3.63) is 89.6 Å². The molecule has 0 saturated carbocycles. The Balaban J connectivity index is 1.51. The molecule has 5 rings (SSSR count). The first-order chi connectivity index (χ1) is 16.2. The van der Waals surface area contributed by atoms with Gasteiger partial charge in [-0.2, -0.15) is 5.10 Å². The predicted molar refractivity (Wildman–Crippen MR) is 126 cm³/mol. The summed E-state index contributed by atoms with van der Waals surface area (Å²) in [4.78, 5) is 19.5. The maximum absolute atomic E-state index is 13.5. The van der Waals surface area contributed by atoms with Crippen molar-refractivity contribution < 1.29 is 9.53 Å². The molecule has 0 spiro atoms. The largest absolute Gasteiger partial charge is 0.494 e. The van der Waals surface area contributed by atoms with E-state index in [1.54, 1.807) is 12.5 Å². The lowest BCUT2D eigenvalue weighted by Gasteiger charge is -2.26. The number of benzene rings is 2. The van der Waals surface area contributed by atoms with E-state index in [1.165, 1.54) is 5.56 Å². The van der Waals surface area contributed by atoms with Gasteiger partial charge in [0, 0.05) is 36.6 Å². The molecular formula is C26H27N5O2. The van der Waals surface area contributed by atoms with E-state index in [4.69, 9.17) is 4.74 Å². The fourth-order valence-corrected chi connectivity index (χ4v) is 4.46. The Labute approximate surface area is 193 Å². The Morgan fingerprint density at radius 1 is 1.06 bits per heavy atom. The van der Waals surface area contributed by atoms with E-state index in [0.717, 1.165) is 41.1 Å². The van der Waals surface area contributed by atoms with Gasteiger partial charge in [0.25, 0.3) is 5.91 Å². The number of aromatic amines is 1. The summed E-state index contributed by atoms with van der Waals surface area (Å²) in [5.74, 6) is 0.809. The molecule has 0 bridgehead atoms. The fraction of sp³-hybridized carbons (Fsp3) is 0.269. The Morgan fingerprint density at radius 2 is 1.85 bits per heavy atom. The van der Waals surface area contributed by atoms with E-state index < -0.39 is 0 Å².